The standard InChI is InChI=1S/C18H25O4P/c1-17(2)14-9-12-7-11(10-23-20)8-13(21-4)16(12)22-18(14,3)6-5-15(17)19/h7-8,14-15,19H,5-6,9-10H2,1-4H3/t14-,15-,18-/m1/s1. The van der Waals surface area contributed by atoms with E-state index in [1.165, 1.54) is 0 Å². The van der Waals surface area contributed by atoms with Crippen LogP contribution in [0.15, 0.2) is 12.1 Å². The van der Waals surface area contributed by atoms with Gasteiger partial charge in [-0.25, -0.2) is 0 Å². The second-order valence-electron chi connectivity index (χ2n) is 7.62. The van der Waals surface area contributed by atoms with Gasteiger partial charge in [-0.2, -0.15) is 0 Å². The van der Waals surface area contributed by atoms with E-state index in [4.69, 9.17) is 9.47 Å². The van der Waals surface area contributed by atoms with E-state index < -0.39 is 0 Å². The van der Waals surface area contributed by atoms with Crippen LogP contribution in [0.4, 0.5) is 0 Å². The monoisotopic (exact) mass is 336 g/mol. The second-order valence-corrected chi connectivity index (χ2v) is 8.20. The Labute approximate surface area is 139 Å². The topological polar surface area (TPSA) is 55.8 Å². The lowest BCUT2D eigenvalue weighted by Gasteiger charge is -2.55. The van der Waals surface area contributed by atoms with Crippen molar-refractivity contribution in [1.29, 1.82) is 0 Å². The van der Waals surface area contributed by atoms with Crippen LogP contribution in [0.5, 0.6) is 11.5 Å². The summed E-state index contributed by atoms with van der Waals surface area (Å²) >= 11 is 0. The Bertz CT molecular complexity index is 628. The minimum absolute atomic E-state index is 0.0996. The molecule has 1 aliphatic heterocycles. The van der Waals surface area contributed by atoms with E-state index in [9.17, 15) is 9.67 Å². The van der Waals surface area contributed by atoms with Crippen molar-refractivity contribution < 1.29 is 19.1 Å². The van der Waals surface area contributed by atoms with Gasteiger partial charge in [-0.1, -0.05) is 19.9 Å². The molecule has 1 aromatic rings. The number of methoxy groups -OCH3 is 1. The Balaban J connectivity index is 2.07. The zero-order valence-corrected chi connectivity index (χ0v) is 15.2. The molecular weight excluding hydrogens is 311 g/mol. The van der Waals surface area contributed by atoms with Gasteiger partial charge in [0.15, 0.2) is 20.0 Å². The molecular formula is C18H25O4P. The second kappa shape index (κ2) is 5.75. The molecule has 1 saturated carbocycles. The van der Waals surface area contributed by atoms with Gasteiger partial charge in [0, 0.05) is 5.92 Å². The summed E-state index contributed by atoms with van der Waals surface area (Å²) in [5.74, 6) is 1.76. The minimum Gasteiger partial charge on any atom is -0.493 e. The summed E-state index contributed by atoms with van der Waals surface area (Å²) in [4.78, 5) is 0. The van der Waals surface area contributed by atoms with E-state index in [2.05, 4.69) is 26.8 Å². The highest BCUT2D eigenvalue weighted by molar-refractivity contribution is 7.22. The summed E-state index contributed by atoms with van der Waals surface area (Å²) in [6.07, 6.45) is 2.60. The molecule has 0 unspecified atom stereocenters. The van der Waals surface area contributed by atoms with Crippen molar-refractivity contribution in [3.63, 3.8) is 0 Å². The fourth-order valence-electron chi connectivity index (χ4n) is 4.35. The summed E-state index contributed by atoms with van der Waals surface area (Å²) in [6.45, 7) is 6.41. The Morgan fingerprint density at radius 3 is 2.78 bits per heavy atom. The van der Waals surface area contributed by atoms with Crippen LogP contribution in [0.2, 0.25) is 0 Å². The molecule has 3 rings (SSSR count). The summed E-state index contributed by atoms with van der Waals surface area (Å²) in [5, 5.41) is 10.5. The summed E-state index contributed by atoms with van der Waals surface area (Å²) in [7, 11) is 1.74. The molecule has 0 saturated heterocycles. The Hall–Kier alpha value is -1.12. The molecule has 1 heterocycles. The molecule has 0 amide bonds. The number of aliphatic hydroxyl groups is 1. The first kappa shape index (κ1) is 16.7. The highest BCUT2D eigenvalue weighted by Gasteiger charge is 2.54. The lowest BCUT2D eigenvalue weighted by molar-refractivity contribution is -0.138. The lowest BCUT2D eigenvalue weighted by Crippen LogP contribution is -2.58. The molecule has 1 aliphatic carbocycles. The summed E-state index contributed by atoms with van der Waals surface area (Å²) < 4.78 is 22.9. The molecule has 4 nitrogen and oxygen atoms in total. The SMILES string of the molecule is COc1cc(CP=O)cc2c1O[C@]1(C)CC[C@@H](O)C(C)(C)[C@H]1C2. The average Bonchev–Trinajstić information content (AvgIpc) is 2.50. The molecule has 0 spiro atoms. The zero-order chi connectivity index (χ0) is 16.8. The molecule has 0 radical (unpaired) electrons. The molecule has 126 valence electrons. The van der Waals surface area contributed by atoms with Gasteiger partial charge < -0.3 is 14.6 Å². The van der Waals surface area contributed by atoms with E-state index in [0.717, 1.165) is 36.1 Å². The predicted molar refractivity (Wildman–Crippen MR) is 89.6 cm³/mol. The number of fused-ring (bicyclic) bond motifs is 2. The number of hydrogen-bond donors (Lipinski definition) is 1. The maximum Gasteiger partial charge on any atom is 0.165 e. The van der Waals surface area contributed by atoms with Crippen LogP contribution < -0.4 is 9.47 Å². The van der Waals surface area contributed by atoms with Crippen molar-refractivity contribution in [1.82, 2.24) is 0 Å². The molecule has 0 aromatic heterocycles. The van der Waals surface area contributed by atoms with Crippen molar-refractivity contribution >= 4 is 8.46 Å². The fraction of sp³-hybridized carbons (Fsp3) is 0.667. The van der Waals surface area contributed by atoms with Crippen LogP contribution in [0, 0.1) is 11.3 Å². The lowest BCUT2D eigenvalue weighted by atomic mass is 9.57. The van der Waals surface area contributed by atoms with Gasteiger partial charge in [0.05, 0.1) is 19.4 Å². The van der Waals surface area contributed by atoms with Gasteiger partial charge in [-0.3, -0.25) is 4.57 Å². The summed E-state index contributed by atoms with van der Waals surface area (Å²) in [6, 6.07) is 3.98. The molecule has 5 heteroatoms. The predicted octanol–water partition coefficient (Wildman–Crippen LogP) is 3.98. The molecule has 3 atom stereocenters. The van der Waals surface area contributed by atoms with Crippen molar-refractivity contribution in [3.05, 3.63) is 23.3 Å². The molecule has 1 N–H and O–H groups in total. The highest BCUT2D eigenvalue weighted by Crippen LogP contribution is 2.54. The van der Waals surface area contributed by atoms with Crippen LogP contribution >= 0.6 is 8.46 Å². The van der Waals surface area contributed by atoms with Gasteiger partial charge in [0.2, 0.25) is 0 Å². The van der Waals surface area contributed by atoms with E-state index in [1.54, 1.807) is 7.11 Å². The Morgan fingerprint density at radius 2 is 2.13 bits per heavy atom. The van der Waals surface area contributed by atoms with E-state index in [-0.39, 0.29) is 31.5 Å². The average molecular weight is 336 g/mol. The summed E-state index contributed by atoms with van der Waals surface area (Å²) in [5.41, 5.74) is 1.58. The van der Waals surface area contributed by atoms with Gasteiger partial charge >= 0.3 is 0 Å². The largest absolute Gasteiger partial charge is 0.493 e. The van der Waals surface area contributed by atoms with Crippen LogP contribution in [0.1, 0.15) is 44.7 Å². The van der Waals surface area contributed by atoms with Crippen molar-refractivity contribution in [3.8, 4) is 11.5 Å². The smallest absolute Gasteiger partial charge is 0.165 e. The molecule has 0 bridgehead atoms. The van der Waals surface area contributed by atoms with Crippen LogP contribution in [-0.2, 0) is 17.1 Å². The minimum atomic E-state index is -0.309. The number of benzene rings is 1. The third-order valence-corrected chi connectivity index (χ3v) is 6.32. The van der Waals surface area contributed by atoms with Gasteiger partial charge in [-0.05, 0) is 48.8 Å². The molecule has 23 heavy (non-hydrogen) atoms. The molecule has 1 fully saturated rings. The van der Waals surface area contributed by atoms with Crippen molar-refractivity contribution in [2.24, 2.45) is 11.3 Å². The van der Waals surface area contributed by atoms with Crippen LogP contribution in [0.25, 0.3) is 0 Å². The van der Waals surface area contributed by atoms with Crippen LogP contribution in [0.3, 0.4) is 0 Å². The normalized spacial score (nSPS) is 31.9. The van der Waals surface area contributed by atoms with Gasteiger partial charge in [0.1, 0.15) is 5.60 Å². The molecule has 1 aromatic carbocycles. The third-order valence-electron chi connectivity index (χ3n) is 5.83. The number of rotatable bonds is 3. The Morgan fingerprint density at radius 1 is 1.39 bits per heavy atom. The van der Waals surface area contributed by atoms with E-state index in [1.807, 2.05) is 6.07 Å². The number of aliphatic hydroxyl groups excluding tert-OH is 1. The van der Waals surface area contributed by atoms with E-state index >= 15 is 0 Å². The fourth-order valence-corrected chi connectivity index (χ4v) is 4.68. The molecule has 2 aliphatic rings. The zero-order valence-electron chi connectivity index (χ0n) is 14.3. The van der Waals surface area contributed by atoms with Crippen molar-refractivity contribution in [2.75, 3.05) is 7.11 Å². The van der Waals surface area contributed by atoms with Crippen molar-refractivity contribution in [2.45, 2.75) is 57.9 Å². The maximum absolute atomic E-state index is 11.0. The van der Waals surface area contributed by atoms with Gasteiger partial charge in [0.25, 0.3) is 0 Å². The first-order chi connectivity index (χ1) is 10.8. The Kier molecular flexibility index (Phi) is 4.18. The quantitative estimate of drug-likeness (QED) is 0.849. The highest BCUT2D eigenvalue weighted by atomic mass is 31.1. The number of hydrogen-bond acceptors (Lipinski definition) is 4. The first-order valence-corrected chi connectivity index (χ1v) is 9.17. The third kappa shape index (κ3) is 2.66. The van der Waals surface area contributed by atoms with Gasteiger partial charge in [-0.15, -0.1) is 0 Å². The van der Waals surface area contributed by atoms with Crippen LogP contribution in [-0.4, -0.2) is 23.9 Å². The van der Waals surface area contributed by atoms with E-state index in [0.29, 0.717) is 11.9 Å². The first-order valence-electron chi connectivity index (χ1n) is 8.18. The maximum atomic E-state index is 11.0. The number of ether oxygens (including phenoxy) is 2.